The predicted octanol–water partition coefficient (Wildman–Crippen LogP) is 0.390. The smallest absolute Gasteiger partial charge is 0.303 e. The van der Waals surface area contributed by atoms with E-state index in [-0.39, 0.29) is 89.5 Å². The third-order valence-corrected chi connectivity index (χ3v) is 22.7. The van der Waals surface area contributed by atoms with Gasteiger partial charge in [0.15, 0.2) is 0 Å². The Morgan fingerprint density at radius 1 is 0.273 bits per heavy atom. The number of nitrogens with two attached hydrogens (primary N) is 2. The molecule has 0 bridgehead atoms. The van der Waals surface area contributed by atoms with Gasteiger partial charge in [-0.25, -0.2) is 0 Å². The molecular weight excluding hydrogens is 1870 g/mol. The van der Waals surface area contributed by atoms with Crippen molar-refractivity contribution in [2.45, 2.75) is 340 Å². The van der Waals surface area contributed by atoms with Crippen LogP contribution >= 0.6 is 0 Å². The Hall–Kier alpha value is -14.0. The van der Waals surface area contributed by atoms with E-state index < -0.39 is 324 Å². The number of para-hydroxylation sites is 2. The van der Waals surface area contributed by atoms with E-state index in [1.54, 1.807) is 64.1 Å². The molecule has 0 unspecified atom stereocenters. The van der Waals surface area contributed by atoms with Crippen molar-refractivity contribution in [1.82, 2.24) is 85.1 Å². The molecule has 12 atom stereocenters. The maximum absolute atomic E-state index is 14.6. The number of furan rings is 1. The van der Waals surface area contributed by atoms with E-state index in [2.05, 4.69) is 85.1 Å². The average Bonchev–Trinajstić information content (AvgIpc) is 1.61. The number of carboxylic acids is 6. The molecule has 3 aromatic rings. The quantitative estimate of drug-likeness (QED) is 0.0340. The molecule has 0 radical (unpaired) electrons. The third kappa shape index (κ3) is 49.3. The number of hydrogen-bond acceptors (Lipinski definition) is 25. The van der Waals surface area contributed by atoms with E-state index >= 15 is 0 Å². The number of aliphatic carboxylic acids is 6. The van der Waals surface area contributed by atoms with Crippen molar-refractivity contribution in [2.75, 3.05) is 32.7 Å². The van der Waals surface area contributed by atoms with E-state index in [1.165, 1.54) is 0 Å². The summed E-state index contributed by atoms with van der Waals surface area (Å²) in [7, 11) is 0. The first-order valence-corrected chi connectivity index (χ1v) is 48.7. The number of carbonyl (C=O) groups is 23. The molecule has 0 aliphatic heterocycles. The van der Waals surface area contributed by atoms with Crippen LogP contribution in [0.2, 0.25) is 0 Å². The van der Waals surface area contributed by atoms with E-state index in [0.29, 0.717) is 78.0 Å². The summed E-state index contributed by atoms with van der Waals surface area (Å²) in [5.74, 6) is -25.2. The van der Waals surface area contributed by atoms with Crippen LogP contribution in [0.25, 0.3) is 21.9 Å². The maximum atomic E-state index is 14.6. The van der Waals surface area contributed by atoms with Gasteiger partial charge in [-0.05, 0) is 139 Å². The van der Waals surface area contributed by atoms with Gasteiger partial charge in [0.05, 0.1) is 6.04 Å². The molecule has 3 rings (SSSR count). The van der Waals surface area contributed by atoms with Gasteiger partial charge in [-0.2, -0.15) is 0 Å². The molecule has 0 fully saturated rings. The lowest BCUT2D eigenvalue weighted by atomic mass is 10.0. The highest BCUT2D eigenvalue weighted by molar-refractivity contribution is 6.07. The average molecular weight is 2020 g/mol. The van der Waals surface area contributed by atoms with Crippen LogP contribution in [-0.2, 0) is 123 Å². The molecule has 48 nitrogen and oxygen atoms in total. The molecule has 1 heterocycles. The van der Waals surface area contributed by atoms with Crippen molar-refractivity contribution in [3.63, 3.8) is 0 Å². The number of amides is 17. The summed E-state index contributed by atoms with van der Waals surface area (Å²) in [6.07, 6.45) is -6.50. The Morgan fingerprint density at radius 2 is 0.517 bits per heavy atom. The Labute approximate surface area is 828 Å². The molecule has 0 aliphatic carbocycles. The zero-order valence-electron chi connectivity index (χ0n) is 82.6. The summed E-state index contributed by atoms with van der Waals surface area (Å²) in [5.41, 5.74) is 13.3. The fourth-order valence-corrected chi connectivity index (χ4v) is 14.7. The summed E-state index contributed by atoms with van der Waals surface area (Å²) in [5, 5.41) is 99.4. The van der Waals surface area contributed by atoms with Crippen molar-refractivity contribution < 1.29 is 145 Å². The van der Waals surface area contributed by atoms with Gasteiger partial charge in [0.25, 0.3) is 0 Å². The molecule has 0 aliphatic rings. The van der Waals surface area contributed by atoms with Gasteiger partial charge in [-0.3, -0.25) is 110 Å². The topological polar surface area (TPSA) is 772 Å². The first-order valence-electron chi connectivity index (χ1n) is 48.7. The van der Waals surface area contributed by atoms with Crippen LogP contribution < -0.4 is 96.5 Å². The van der Waals surface area contributed by atoms with Crippen molar-refractivity contribution in [3.05, 3.63) is 47.5 Å². The lowest BCUT2D eigenvalue weighted by molar-refractivity contribution is -0.140. The van der Waals surface area contributed by atoms with Gasteiger partial charge < -0.3 is 132 Å². The fourth-order valence-electron chi connectivity index (χ4n) is 14.7. The second-order valence-electron chi connectivity index (χ2n) is 35.8. The van der Waals surface area contributed by atoms with Crippen LogP contribution in [-0.4, -0.2) is 272 Å². The molecule has 0 saturated heterocycles. The normalized spacial score (nSPS) is 13.6. The van der Waals surface area contributed by atoms with Gasteiger partial charge in [0.1, 0.15) is 77.6 Å². The van der Waals surface area contributed by atoms with E-state index in [4.69, 9.17) is 15.9 Å². The number of carbonyl (C=O) groups excluding carboxylic acids is 17. The Kier molecular flexibility index (Phi) is 57.4. The monoisotopic (exact) mass is 2020 g/mol. The van der Waals surface area contributed by atoms with Gasteiger partial charge in [-0.15, -0.1) is 0 Å². The Bertz CT molecular complexity index is 4830. The lowest BCUT2D eigenvalue weighted by Gasteiger charge is -2.27. The molecule has 796 valence electrons. The summed E-state index contributed by atoms with van der Waals surface area (Å²) in [6, 6.07) is -9.62. The van der Waals surface area contributed by atoms with E-state index in [1.807, 2.05) is 27.7 Å². The zero-order chi connectivity index (χ0) is 107. The summed E-state index contributed by atoms with van der Waals surface area (Å²) in [4.78, 5) is 307. The minimum Gasteiger partial charge on any atom is -0.481 e. The number of carboxylic acid groups (broad SMARTS) is 6. The molecule has 0 spiro atoms. The van der Waals surface area contributed by atoms with Crippen LogP contribution in [0.4, 0.5) is 0 Å². The predicted molar refractivity (Wildman–Crippen MR) is 516 cm³/mol. The second kappa shape index (κ2) is 66.7. The van der Waals surface area contributed by atoms with Crippen molar-refractivity contribution in [2.24, 2.45) is 23.3 Å². The first-order chi connectivity index (χ1) is 67.7. The minimum absolute atomic E-state index is 0.00156. The SMILES string of the molecule is CCCCNC(=O)CC[C@H](NC(=O)[C@H](CCC(=O)O)NC(=O)[C@H](CCC(=O)NCCCC)NC(=O)[C@H](CCC(=O)O)NC(=O)[C@H](CC(C)C)NC(=O)CCc1cccc2c1oc1c(CCNC(=O)[C@H](CC(C)C)NC(=O)[C@H](CCC(=O)O)NC(=O)[C@H](CCC(=O)NCCCC)NC(=O)[C@H](CCC(=O)O)NC(=O)[C@H](CCC(=O)NCCCC)NC(=O)[C@@H](N)CCC(=O)O)cccc12)C(=O)N[C@@H](CCC(=O)O)C(N)=O. The lowest BCUT2D eigenvalue weighted by Crippen LogP contribution is -2.60. The third-order valence-electron chi connectivity index (χ3n) is 22.7. The molecule has 2 aromatic carbocycles. The molecule has 26 N–H and O–H groups in total. The second-order valence-corrected chi connectivity index (χ2v) is 35.8. The van der Waals surface area contributed by atoms with Crippen LogP contribution in [0.1, 0.15) is 266 Å². The van der Waals surface area contributed by atoms with Crippen LogP contribution in [0, 0.1) is 11.8 Å². The van der Waals surface area contributed by atoms with Crippen LogP contribution in [0.5, 0.6) is 0 Å². The minimum atomic E-state index is -1.88. The van der Waals surface area contributed by atoms with Crippen molar-refractivity contribution in [3.8, 4) is 0 Å². The number of primary amides is 1. The highest BCUT2D eigenvalue weighted by Crippen LogP contribution is 2.34. The summed E-state index contributed by atoms with van der Waals surface area (Å²) in [6.45, 7) is 15.3. The molecule has 0 saturated carbocycles. The zero-order valence-corrected chi connectivity index (χ0v) is 82.6. The highest BCUT2D eigenvalue weighted by Gasteiger charge is 2.39. The van der Waals surface area contributed by atoms with Crippen LogP contribution in [0.3, 0.4) is 0 Å². The van der Waals surface area contributed by atoms with E-state index in [0.717, 1.165) is 6.42 Å². The maximum Gasteiger partial charge on any atom is 0.303 e. The number of aryl methyl sites for hydroxylation is 1. The Balaban J connectivity index is 1.97. The fraction of sp³-hybridized carbons (Fsp3) is 0.632. The number of fused-ring (bicyclic) bond motifs is 3. The summed E-state index contributed by atoms with van der Waals surface area (Å²) >= 11 is 0. The molecule has 17 amide bonds. The standard InChI is InChI=1S/C95H146N18O30/c1-9-13-46-98-71(114)35-25-61(105-85(132)59(96)24-39-76(119)120)88(135)109-65(30-41-78(123)124)92(139)107-64(28-38-74(117)101-49-16-12-4)90(137)111-68(33-44-81(129)130)94(141)113-69(51-53(5)6)86(133)102-50-45-56-20-18-22-58-57-21-17-19-55(82(57)143-83(56)58)23-34-75(118)103-70(52-54(7)8)95(142)112-67(32-43-80(127)128)93(140)108-63(27-37-73(116)100-48-15-11-3)89(136)110-66(31-42-79(125)126)91(138)106-62(26-36-72(115)99-47-14-10-2)87(134)104-60(84(97)131)29-40-77(121)122/h17-22,53-54,59-70H,9-16,23-52,96H2,1-8H3,(H2,97,131)(H,98,114)(H,99,115)(H,100,116)(H,101,117)(H,102,133)(H,103,118)(H,104,134)(H,105,132)(H,106,138)(H,107,139)(H,108,140)(H,109,135)(H,110,136)(H,111,137)(H,112,142)(H,113,141)(H,119,120)(H,121,122)(H,123,124)(H,125,126)(H,127,128)(H,129,130)/t59-,60-,61-,62-,63-,64-,65-,66-,67-,68-,69-,70-/m0/s1. The molecule has 143 heavy (non-hydrogen) atoms. The van der Waals surface area contributed by atoms with Gasteiger partial charge in [0, 0.05) is 114 Å². The van der Waals surface area contributed by atoms with Crippen LogP contribution in [0.15, 0.2) is 40.8 Å². The number of unbranched alkanes of at least 4 members (excludes halogenated alkanes) is 4. The number of benzene rings is 2. The number of rotatable bonds is 75. The van der Waals surface area contributed by atoms with Gasteiger partial charge in [-0.1, -0.05) is 117 Å². The number of nitrogens with one attached hydrogen (secondary N) is 16. The highest BCUT2D eigenvalue weighted by atomic mass is 16.4. The first kappa shape index (κ1) is 123. The van der Waals surface area contributed by atoms with E-state index in [9.17, 15) is 141 Å². The van der Waals surface area contributed by atoms with Crippen molar-refractivity contribution >= 4 is 158 Å². The largest absolute Gasteiger partial charge is 0.481 e. The van der Waals surface area contributed by atoms with Gasteiger partial charge in [0.2, 0.25) is 100 Å². The van der Waals surface area contributed by atoms with Gasteiger partial charge >= 0.3 is 35.8 Å². The Morgan fingerprint density at radius 3 is 0.797 bits per heavy atom. The molecular formula is C95H146N18O30. The van der Waals surface area contributed by atoms with Crippen molar-refractivity contribution in [1.29, 1.82) is 0 Å². The summed E-state index contributed by atoms with van der Waals surface area (Å²) < 4.78 is 6.57. The number of hydrogen-bond donors (Lipinski definition) is 24. The molecule has 48 heteroatoms. The molecule has 1 aromatic heterocycles.